The van der Waals surface area contributed by atoms with Gasteiger partial charge in [-0.2, -0.15) is 4.90 Å². The van der Waals surface area contributed by atoms with Crippen LogP contribution in [0.4, 0.5) is 4.79 Å². The van der Waals surface area contributed by atoms with Gasteiger partial charge in [0.1, 0.15) is 0 Å². The molecule has 38 heavy (non-hydrogen) atoms. The minimum atomic E-state index is -2.09. The maximum Gasteiger partial charge on any atom is 0.423 e. The quantitative estimate of drug-likeness (QED) is 0.220. The number of amides is 5. The SMILES string of the molecule is COC(=O)N1C(=O)[C@H]2[C@H](CC=C3[C@H]2C[C@@]2(Cl)C(=O)N(CBr)C(=O)[C@@]2(Cl)[C@H]3c2cc(Br)cc(OC)c2O)C1=O. The molecule has 2 saturated heterocycles. The number of benzene rings is 1. The highest BCUT2D eigenvalue weighted by Crippen LogP contribution is 2.66. The number of ether oxygens (including phenoxy) is 2. The van der Waals surface area contributed by atoms with Gasteiger partial charge in [0, 0.05) is 16.0 Å². The van der Waals surface area contributed by atoms with Crippen LogP contribution in [0.3, 0.4) is 0 Å². The highest BCUT2D eigenvalue weighted by molar-refractivity contribution is 9.10. The zero-order valence-corrected chi connectivity index (χ0v) is 24.6. The first-order valence-corrected chi connectivity index (χ1v) is 14.1. The minimum Gasteiger partial charge on any atom is -0.504 e. The third kappa shape index (κ3) is 3.32. The van der Waals surface area contributed by atoms with Gasteiger partial charge < -0.3 is 14.6 Å². The fraction of sp³-hybridized carbons (Fsp3) is 0.458. The van der Waals surface area contributed by atoms with Crippen LogP contribution in [-0.4, -0.2) is 74.1 Å². The van der Waals surface area contributed by atoms with Crippen LogP contribution in [0.25, 0.3) is 0 Å². The zero-order chi connectivity index (χ0) is 27.9. The van der Waals surface area contributed by atoms with E-state index in [4.69, 9.17) is 27.9 Å². The number of rotatable bonds is 3. The summed E-state index contributed by atoms with van der Waals surface area (Å²) in [4.78, 5) is 63.4. The van der Waals surface area contributed by atoms with E-state index < -0.39 is 63.1 Å². The van der Waals surface area contributed by atoms with Gasteiger partial charge in [-0.1, -0.05) is 43.5 Å². The Kier molecular flexibility index (Phi) is 6.64. The van der Waals surface area contributed by atoms with Crippen molar-refractivity contribution in [2.45, 2.75) is 28.5 Å². The average molecular weight is 695 g/mol. The minimum absolute atomic E-state index is 0.0590. The number of phenols is 1. The van der Waals surface area contributed by atoms with Gasteiger partial charge in [0.2, 0.25) is 11.8 Å². The Morgan fingerprint density at radius 3 is 2.42 bits per heavy atom. The number of halogens is 4. The maximum absolute atomic E-state index is 13.8. The monoisotopic (exact) mass is 692 g/mol. The molecule has 2 aliphatic heterocycles. The first-order valence-electron chi connectivity index (χ1n) is 11.4. The lowest BCUT2D eigenvalue weighted by Crippen LogP contribution is -2.60. The van der Waals surface area contributed by atoms with E-state index in [1.165, 1.54) is 19.2 Å². The van der Waals surface area contributed by atoms with Crippen LogP contribution in [0.5, 0.6) is 11.5 Å². The number of methoxy groups -OCH3 is 2. The number of carbonyl (C=O) groups is 5. The van der Waals surface area contributed by atoms with Gasteiger partial charge in [-0.05, 0) is 30.9 Å². The number of fused-ring (bicyclic) bond motifs is 4. The Labute approximate surface area is 243 Å². The summed E-state index contributed by atoms with van der Waals surface area (Å²) in [6, 6.07) is 3.05. The highest BCUT2D eigenvalue weighted by Gasteiger charge is 2.76. The van der Waals surface area contributed by atoms with E-state index in [1.54, 1.807) is 6.08 Å². The predicted molar refractivity (Wildman–Crippen MR) is 140 cm³/mol. The molecule has 6 atom stereocenters. The van der Waals surface area contributed by atoms with Gasteiger partial charge in [-0.3, -0.25) is 24.1 Å². The van der Waals surface area contributed by atoms with Crippen LogP contribution in [0.15, 0.2) is 28.3 Å². The molecule has 0 radical (unpaired) electrons. The van der Waals surface area contributed by atoms with Crippen molar-refractivity contribution in [1.82, 2.24) is 9.80 Å². The van der Waals surface area contributed by atoms with E-state index in [-0.39, 0.29) is 35.4 Å². The van der Waals surface area contributed by atoms with E-state index in [0.717, 1.165) is 12.0 Å². The van der Waals surface area contributed by atoms with Crippen LogP contribution < -0.4 is 4.74 Å². The van der Waals surface area contributed by atoms with E-state index >= 15 is 0 Å². The molecule has 2 aliphatic carbocycles. The van der Waals surface area contributed by atoms with E-state index in [0.29, 0.717) is 14.9 Å². The summed E-state index contributed by atoms with van der Waals surface area (Å²) < 4.78 is 10.4. The Bertz CT molecular complexity index is 1350. The van der Waals surface area contributed by atoms with E-state index in [2.05, 4.69) is 36.6 Å². The zero-order valence-electron chi connectivity index (χ0n) is 19.9. The van der Waals surface area contributed by atoms with Gasteiger partial charge in [-0.25, -0.2) is 4.79 Å². The number of carbonyl (C=O) groups excluding carboxylic acids is 5. The Balaban J connectivity index is 1.77. The first kappa shape index (κ1) is 27.4. The van der Waals surface area contributed by atoms with Crippen molar-refractivity contribution in [2.75, 3.05) is 19.7 Å². The molecule has 0 bridgehead atoms. The number of phenolic OH excluding ortho intramolecular Hbond substituents is 1. The highest BCUT2D eigenvalue weighted by atomic mass is 79.9. The summed E-state index contributed by atoms with van der Waals surface area (Å²) in [5.41, 5.74) is 0.417. The molecule has 1 aromatic carbocycles. The average Bonchev–Trinajstić information content (AvgIpc) is 3.22. The molecule has 2 heterocycles. The van der Waals surface area contributed by atoms with Crippen LogP contribution in [0.2, 0.25) is 0 Å². The summed E-state index contributed by atoms with van der Waals surface area (Å²) in [6.07, 6.45) is 0.381. The molecule has 10 nitrogen and oxygen atoms in total. The largest absolute Gasteiger partial charge is 0.504 e. The summed E-state index contributed by atoms with van der Waals surface area (Å²) in [5.74, 6) is -7.30. The third-order valence-electron chi connectivity index (χ3n) is 7.97. The van der Waals surface area contributed by atoms with Crippen molar-refractivity contribution in [1.29, 1.82) is 0 Å². The maximum atomic E-state index is 13.8. The lowest BCUT2D eigenvalue weighted by atomic mass is 9.56. The van der Waals surface area contributed by atoms with Crippen molar-refractivity contribution in [3.8, 4) is 11.5 Å². The predicted octanol–water partition coefficient (Wildman–Crippen LogP) is 3.64. The van der Waals surface area contributed by atoms with Crippen LogP contribution in [0.1, 0.15) is 24.3 Å². The van der Waals surface area contributed by atoms with Crippen LogP contribution >= 0.6 is 55.1 Å². The second kappa shape index (κ2) is 9.21. The van der Waals surface area contributed by atoms with E-state index in [9.17, 15) is 29.1 Å². The Morgan fingerprint density at radius 1 is 1.13 bits per heavy atom. The molecule has 5 rings (SSSR count). The molecule has 14 heteroatoms. The summed E-state index contributed by atoms with van der Waals surface area (Å²) in [6.45, 7) is 0. The molecule has 202 valence electrons. The van der Waals surface area contributed by atoms with Crippen molar-refractivity contribution in [3.05, 3.63) is 33.8 Å². The molecule has 1 saturated carbocycles. The molecule has 0 unspecified atom stereocenters. The number of hydrogen-bond acceptors (Lipinski definition) is 8. The fourth-order valence-corrected chi connectivity index (χ4v) is 8.21. The number of alkyl halides is 3. The van der Waals surface area contributed by atoms with Crippen molar-refractivity contribution in [3.63, 3.8) is 0 Å². The number of hydrogen-bond donors (Lipinski definition) is 1. The lowest BCUT2D eigenvalue weighted by Gasteiger charge is -2.50. The van der Waals surface area contributed by atoms with Gasteiger partial charge in [-0.15, -0.1) is 23.2 Å². The van der Waals surface area contributed by atoms with Crippen LogP contribution in [0, 0.1) is 17.8 Å². The van der Waals surface area contributed by atoms with Crippen molar-refractivity contribution < 1.29 is 38.6 Å². The van der Waals surface area contributed by atoms with Gasteiger partial charge in [0.05, 0.1) is 31.5 Å². The smallest absolute Gasteiger partial charge is 0.423 e. The number of imide groups is 4. The molecule has 5 amide bonds. The summed E-state index contributed by atoms with van der Waals surface area (Å²) in [5, 5.41) is 11.2. The summed E-state index contributed by atoms with van der Waals surface area (Å²) >= 11 is 20.8. The number of nitrogens with zero attached hydrogens (tertiary/aromatic N) is 2. The van der Waals surface area contributed by atoms with Gasteiger partial charge >= 0.3 is 6.09 Å². The number of allylic oxidation sites excluding steroid dienone is 2. The molecule has 1 N–H and O–H groups in total. The number of likely N-dealkylation sites (tertiary alicyclic amines) is 2. The second-order valence-electron chi connectivity index (χ2n) is 9.51. The molecule has 1 aromatic rings. The molecule has 3 fully saturated rings. The fourth-order valence-electron chi connectivity index (χ4n) is 6.34. The molecule has 0 aromatic heterocycles. The third-order valence-corrected chi connectivity index (χ3v) is 10.3. The standard InChI is InChI=1S/C24H20Br2Cl2N2O8/c1-37-14-6-9(26)5-12(17(14)31)16-10-3-4-11-15(19(33)30(18(11)32)22(36)38-2)13(10)7-23(27)20(34)29(8-25)21(35)24(16,23)28/h3,5-6,11,13,15-16,31H,4,7-8H2,1-2H3/t11-,13+,15-,16+,23+,24-/m0/s1. The summed E-state index contributed by atoms with van der Waals surface area (Å²) in [7, 11) is 2.41. The van der Waals surface area contributed by atoms with Crippen molar-refractivity contribution >= 4 is 84.8 Å². The second-order valence-corrected chi connectivity index (χ2v) is 12.2. The van der Waals surface area contributed by atoms with Gasteiger partial charge in [0.15, 0.2) is 21.2 Å². The number of aromatic hydroxyl groups is 1. The van der Waals surface area contributed by atoms with E-state index in [1.807, 2.05) is 0 Å². The lowest BCUT2D eigenvalue weighted by molar-refractivity contribution is -0.140. The van der Waals surface area contributed by atoms with Crippen LogP contribution in [-0.2, 0) is 23.9 Å². The first-order chi connectivity index (χ1) is 17.9. The Morgan fingerprint density at radius 2 is 1.82 bits per heavy atom. The molecule has 4 aliphatic rings. The Hall–Kier alpha value is -2.15. The molecular formula is C24H20Br2Cl2N2O8. The van der Waals surface area contributed by atoms with Crippen molar-refractivity contribution in [2.24, 2.45) is 17.8 Å². The topological polar surface area (TPSA) is 131 Å². The van der Waals surface area contributed by atoms with Gasteiger partial charge in [0.25, 0.3) is 11.8 Å². The normalized spacial score (nSPS) is 34.1. The molecular weight excluding hydrogens is 675 g/mol. The molecule has 0 spiro atoms.